The summed E-state index contributed by atoms with van der Waals surface area (Å²) >= 11 is 3.78. The summed E-state index contributed by atoms with van der Waals surface area (Å²) in [4.78, 5) is 0. The Kier molecular flexibility index (Phi) is 5.00. The molecule has 0 N–H and O–H groups in total. The van der Waals surface area contributed by atoms with Crippen LogP contribution in [0.4, 0.5) is 0 Å². The van der Waals surface area contributed by atoms with E-state index in [2.05, 4.69) is 28.8 Å². The summed E-state index contributed by atoms with van der Waals surface area (Å²) in [6.45, 7) is 3.18. The first-order chi connectivity index (χ1) is 7.81. The predicted octanol–water partition coefficient (Wildman–Crippen LogP) is 5.60. The first kappa shape index (κ1) is 12.7. The van der Waals surface area contributed by atoms with Crippen LogP contribution < -0.4 is 0 Å². The molecule has 0 amide bonds. The van der Waals surface area contributed by atoms with E-state index in [1.807, 2.05) is 0 Å². The Morgan fingerprint density at radius 1 is 1.19 bits per heavy atom. The van der Waals surface area contributed by atoms with Gasteiger partial charge in [-0.1, -0.05) is 79.4 Å². The van der Waals surface area contributed by atoms with Gasteiger partial charge in [-0.2, -0.15) is 0 Å². The van der Waals surface area contributed by atoms with E-state index in [0.717, 1.165) is 18.3 Å². The molecule has 0 saturated carbocycles. The monoisotopic (exact) mass is 282 g/mol. The van der Waals surface area contributed by atoms with Crippen molar-refractivity contribution in [2.75, 3.05) is 0 Å². The van der Waals surface area contributed by atoms with Crippen LogP contribution in [0, 0.1) is 0 Å². The summed E-state index contributed by atoms with van der Waals surface area (Å²) in [5.74, 6) is 4.62. The lowest BCUT2D eigenvalue weighted by Gasteiger charge is -2.39. The average molecular weight is 283 g/mol. The third-order valence-electron chi connectivity index (χ3n) is 4.53. The van der Waals surface area contributed by atoms with Crippen LogP contribution in [-0.2, 0) is 0 Å². The quantitative estimate of drug-likeness (QED) is 0.589. The Balaban J connectivity index is 1.96. The summed E-state index contributed by atoms with van der Waals surface area (Å²) in [6, 6.07) is 0. The average Bonchev–Trinajstić information content (AvgIpc) is 2.26. The zero-order valence-corrected chi connectivity index (χ0v) is 12.1. The number of allylic oxidation sites excluding steroid dienone is 1. The topological polar surface area (TPSA) is 0 Å². The van der Waals surface area contributed by atoms with Gasteiger partial charge < -0.3 is 0 Å². The van der Waals surface area contributed by atoms with Gasteiger partial charge in [0.15, 0.2) is 6.71 Å². The molecule has 0 aromatic carbocycles. The van der Waals surface area contributed by atoms with Crippen molar-refractivity contribution in [3.63, 3.8) is 0 Å². The highest BCUT2D eigenvalue weighted by molar-refractivity contribution is 9.11. The highest BCUT2D eigenvalue weighted by atomic mass is 79.9. The van der Waals surface area contributed by atoms with Crippen molar-refractivity contribution >= 4 is 22.6 Å². The van der Waals surface area contributed by atoms with Gasteiger partial charge in [0.05, 0.1) is 0 Å². The first-order valence-electron chi connectivity index (χ1n) is 7.17. The predicted molar refractivity (Wildman–Crippen MR) is 77.5 cm³/mol. The van der Waals surface area contributed by atoms with E-state index >= 15 is 0 Å². The van der Waals surface area contributed by atoms with E-state index in [-0.39, 0.29) is 0 Å². The normalized spacial score (nSPS) is 30.6. The van der Waals surface area contributed by atoms with Crippen molar-refractivity contribution in [3.8, 4) is 0 Å². The standard InChI is InChI=1S/C14H24BBr/c1-2-3-10-14(16)11-15-12-6-4-7-13(15)9-5-8-12/h11-13H,2-10H2,1H3/b14-11-. The van der Waals surface area contributed by atoms with Gasteiger partial charge in [-0.15, -0.1) is 5.98 Å². The van der Waals surface area contributed by atoms with Crippen LogP contribution in [-0.4, -0.2) is 6.71 Å². The fourth-order valence-electron chi connectivity index (χ4n) is 3.64. The molecule has 0 nitrogen and oxygen atoms in total. The molecule has 2 heterocycles. The number of fused-ring (bicyclic) bond motifs is 2. The molecule has 2 aliphatic heterocycles. The molecule has 2 fully saturated rings. The Morgan fingerprint density at radius 2 is 1.75 bits per heavy atom. The van der Waals surface area contributed by atoms with Gasteiger partial charge in [0.2, 0.25) is 0 Å². The smallest absolute Gasteiger partial charge is 0.105 e. The van der Waals surface area contributed by atoms with Crippen LogP contribution in [0.1, 0.15) is 64.7 Å². The second-order valence-electron chi connectivity index (χ2n) is 5.68. The molecule has 0 spiro atoms. The molecule has 0 atom stereocenters. The van der Waals surface area contributed by atoms with Crippen LogP contribution in [0.15, 0.2) is 10.5 Å². The van der Waals surface area contributed by atoms with E-state index in [9.17, 15) is 0 Å². The molecule has 0 aromatic heterocycles. The Morgan fingerprint density at radius 3 is 2.25 bits per heavy atom. The summed E-state index contributed by atoms with van der Waals surface area (Å²) in [7, 11) is 0. The molecule has 90 valence electrons. The number of unbranched alkanes of at least 4 members (excludes halogenated alkanes) is 1. The summed E-state index contributed by atoms with van der Waals surface area (Å²) in [5, 5.41) is 0. The van der Waals surface area contributed by atoms with Crippen molar-refractivity contribution in [2.24, 2.45) is 0 Å². The molecule has 2 bridgehead atoms. The molecular formula is C14H24BBr. The molecule has 0 aliphatic carbocycles. The number of halogens is 1. The molecule has 2 rings (SSSR count). The molecule has 2 heteroatoms. The maximum Gasteiger partial charge on any atom is 0.173 e. The van der Waals surface area contributed by atoms with Gasteiger partial charge in [0, 0.05) is 0 Å². The van der Waals surface area contributed by atoms with Crippen LogP contribution in [0.2, 0.25) is 11.6 Å². The lowest BCUT2D eigenvalue weighted by Crippen LogP contribution is -2.33. The maximum atomic E-state index is 3.78. The number of hydrogen-bond acceptors (Lipinski definition) is 0. The van der Waals surface area contributed by atoms with Crippen molar-refractivity contribution in [1.82, 2.24) is 0 Å². The van der Waals surface area contributed by atoms with Crippen molar-refractivity contribution < 1.29 is 0 Å². The Labute approximate surface area is 109 Å². The maximum absolute atomic E-state index is 3.78. The fraction of sp³-hybridized carbons (Fsp3) is 0.857. The Hall–Kier alpha value is 0.285. The van der Waals surface area contributed by atoms with Crippen molar-refractivity contribution in [3.05, 3.63) is 10.5 Å². The molecule has 0 aromatic rings. The highest BCUT2D eigenvalue weighted by Crippen LogP contribution is 2.47. The lowest BCUT2D eigenvalue weighted by molar-refractivity contribution is 0.447. The summed E-state index contributed by atoms with van der Waals surface area (Å²) in [6.07, 6.45) is 12.8. The molecule has 2 aliphatic rings. The lowest BCUT2D eigenvalue weighted by atomic mass is 9.27. The van der Waals surface area contributed by atoms with Crippen LogP contribution >= 0.6 is 15.9 Å². The van der Waals surface area contributed by atoms with E-state index in [0.29, 0.717) is 0 Å². The van der Waals surface area contributed by atoms with Gasteiger partial charge in [-0.05, 0) is 17.3 Å². The van der Waals surface area contributed by atoms with Gasteiger partial charge in [0.25, 0.3) is 0 Å². The highest BCUT2D eigenvalue weighted by Gasteiger charge is 2.37. The third-order valence-corrected chi connectivity index (χ3v) is 5.19. The van der Waals surface area contributed by atoms with Crippen LogP contribution in [0.3, 0.4) is 0 Å². The van der Waals surface area contributed by atoms with Gasteiger partial charge >= 0.3 is 0 Å². The minimum atomic E-state index is 0.911. The molecule has 16 heavy (non-hydrogen) atoms. The van der Waals surface area contributed by atoms with E-state index < -0.39 is 0 Å². The van der Waals surface area contributed by atoms with E-state index in [1.54, 1.807) is 0 Å². The minimum absolute atomic E-state index is 0.911. The second-order valence-corrected chi connectivity index (χ2v) is 6.69. The zero-order valence-electron chi connectivity index (χ0n) is 10.6. The molecule has 0 unspecified atom stereocenters. The SMILES string of the molecule is CCCC/C(Br)=C/B1C2CCCC1CCC2. The van der Waals surface area contributed by atoms with Crippen molar-refractivity contribution in [2.45, 2.75) is 76.3 Å². The number of hydrogen-bond donors (Lipinski definition) is 0. The zero-order chi connectivity index (χ0) is 11.4. The van der Waals surface area contributed by atoms with Crippen LogP contribution in [0.25, 0.3) is 0 Å². The first-order valence-corrected chi connectivity index (χ1v) is 7.96. The minimum Gasteiger partial charge on any atom is -0.105 e. The molecule has 2 saturated heterocycles. The van der Waals surface area contributed by atoms with Crippen LogP contribution in [0.5, 0.6) is 0 Å². The summed E-state index contributed by atoms with van der Waals surface area (Å²) < 4.78 is 1.48. The molecule has 0 radical (unpaired) electrons. The van der Waals surface area contributed by atoms with Gasteiger partial charge in [-0.25, -0.2) is 0 Å². The molecular weight excluding hydrogens is 259 g/mol. The van der Waals surface area contributed by atoms with Gasteiger partial charge in [0.1, 0.15) is 0 Å². The third kappa shape index (κ3) is 3.15. The van der Waals surface area contributed by atoms with E-state index in [1.165, 1.54) is 62.3 Å². The fourth-order valence-corrected chi connectivity index (χ4v) is 4.22. The van der Waals surface area contributed by atoms with Gasteiger partial charge in [-0.3, -0.25) is 0 Å². The number of rotatable bonds is 4. The van der Waals surface area contributed by atoms with Crippen molar-refractivity contribution in [1.29, 1.82) is 0 Å². The summed E-state index contributed by atoms with van der Waals surface area (Å²) in [5.41, 5.74) is 0. The largest absolute Gasteiger partial charge is 0.173 e. The Bertz CT molecular complexity index is 227. The van der Waals surface area contributed by atoms with E-state index in [4.69, 9.17) is 0 Å². The second kappa shape index (κ2) is 6.28.